The highest BCUT2D eigenvalue weighted by molar-refractivity contribution is 5.95. The lowest BCUT2D eigenvalue weighted by Gasteiger charge is -2.34. The van der Waals surface area contributed by atoms with Crippen LogP contribution in [0, 0.1) is 5.82 Å². The van der Waals surface area contributed by atoms with Gasteiger partial charge in [-0.25, -0.2) is 4.39 Å². The number of nitrogens with zero attached hydrogens (tertiary/aromatic N) is 1. The maximum Gasteiger partial charge on any atom is 0.254 e. The number of aliphatic hydroxyl groups excluding tert-OH is 1. The first-order chi connectivity index (χ1) is 8.63. The summed E-state index contributed by atoms with van der Waals surface area (Å²) in [6, 6.07) is 3.83. The molecule has 1 unspecified atom stereocenters. The van der Waals surface area contributed by atoms with Gasteiger partial charge in [-0.05, 0) is 37.5 Å². The maximum absolute atomic E-state index is 13.1. The molecule has 18 heavy (non-hydrogen) atoms. The van der Waals surface area contributed by atoms with Gasteiger partial charge in [0, 0.05) is 12.1 Å². The lowest BCUT2D eigenvalue weighted by atomic mass is 10.0. The number of carbonyl (C=O) groups excluding carboxylic acids is 1. The molecule has 1 aliphatic rings. The Kier molecular flexibility index (Phi) is 3.81. The summed E-state index contributed by atoms with van der Waals surface area (Å²) >= 11 is 0. The van der Waals surface area contributed by atoms with E-state index in [1.807, 2.05) is 0 Å². The fourth-order valence-electron chi connectivity index (χ4n) is 2.30. The van der Waals surface area contributed by atoms with Gasteiger partial charge in [-0.15, -0.1) is 0 Å². The average molecular weight is 252 g/mol. The summed E-state index contributed by atoms with van der Waals surface area (Å²) in [6.07, 6.45) is 2.75. The Labute approximate surface area is 105 Å². The molecule has 4 nitrogen and oxygen atoms in total. The summed E-state index contributed by atoms with van der Waals surface area (Å²) in [6.45, 7) is 0.587. The van der Waals surface area contributed by atoms with Gasteiger partial charge in [0.15, 0.2) is 0 Å². The number of anilines is 1. The smallest absolute Gasteiger partial charge is 0.254 e. The van der Waals surface area contributed by atoms with Crippen LogP contribution in [0.5, 0.6) is 0 Å². The number of amides is 1. The van der Waals surface area contributed by atoms with Crippen LogP contribution in [-0.4, -0.2) is 35.1 Å². The molecule has 0 aromatic heterocycles. The molecule has 5 heteroatoms. The monoisotopic (exact) mass is 252 g/mol. The molecule has 3 N–H and O–H groups in total. The van der Waals surface area contributed by atoms with Gasteiger partial charge < -0.3 is 15.7 Å². The molecule has 0 saturated carbocycles. The molecule has 0 spiro atoms. The molecule has 1 fully saturated rings. The Balaban J connectivity index is 2.21. The van der Waals surface area contributed by atoms with Gasteiger partial charge in [0.2, 0.25) is 0 Å². The molecule has 0 bridgehead atoms. The first-order valence-corrected chi connectivity index (χ1v) is 6.10. The maximum atomic E-state index is 13.1. The largest absolute Gasteiger partial charge is 0.396 e. The Morgan fingerprint density at radius 1 is 1.50 bits per heavy atom. The lowest BCUT2D eigenvalue weighted by Crippen LogP contribution is -2.45. The number of nitrogen functional groups attached to an aromatic ring is 1. The standard InChI is InChI=1S/C13H17FN2O2/c14-11-5-4-9(7-12(11)15)13(18)16-6-2-1-3-10(16)8-17/h4-5,7,10,17H,1-3,6,8,15H2. The summed E-state index contributed by atoms with van der Waals surface area (Å²) in [7, 11) is 0. The minimum Gasteiger partial charge on any atom is -0.396 e. The molecule has 1 atom stereocenters. The molecule has 1 aliphatic heterocycles. The number of halogens is 1. The molecular formula is C13H17FN2O2. The van der Waals surface area contributed by atoms with Crippen LogP contribution in [0.3, 0.4) is 0 Å². The molecule has 2 rings (SSSR count). The number of benzene rings is 1. The van der Waals surface area contributed by atoms with Crippen LogP contribution < -0.4 is 5.73 Å². The van der Waals surface area contributed by atoms with Gasteiger partial charge in [0.1, 0.15) is 5.82 Å². The van der Waals surface area contributed by atoms with E-state index in [9.17, 15) is 14.3 Å². The number of hydrogen-bond donors (Lipinski definition) is 2. The quantitative estimate of drug-likeness (QED) is 0.782. The summed E-state index contributed by atoms with van der Waals surface area (Å²) in [5.41, 5.74) is 5.80. The van der Waals surface area contributed by atoms with Gasteiger partial charge in [0.05, 0.1) is 18.3 Å². The zero-order chi connectivity index (χ0) is 13.1. The summed E-state index contributed by atoms with van der Waals surface area (Å²) in [4.78, 5) is 13.9. The van der Waals surface area contributed by atoms with E-state index in [-0.39, 0.29) is 24.2 Å². The topological polar surface area (TPSA) is 66.6 Å². The van der Waals surface area contributed by atoms with Crippen LogP contribution in [0.25, 0.3) is 0 Å². The zero-order valence-corrected chi connectivity index (χ0v) is 10.1. The number of piperidine rings is 1. The third-order valence-electron chi connectivity index (χ3n) is 3.34. The van der Waals surface area contributed by atoms with Crippen LogP contribution in [0.2, 0.25) is 0 Å². The van der Waals surface area contributed by atoms with E-state index in [2.05, 4.69) is 0 Å². The minimum atomic E-state index is -0.524. The fourth-order valence-corrected chi connectivity index (χ4v) is 2.30. The average Bonchev–Trinajstić information content (AvgIpc) is 2.41. The molecule has 1 amide bonds. The minimum absolute atomic E-state index is 0.0293. The normalized spacial score (nSPS) is 19.9. The van der Waals surface area contributed by atoms with E-state index in [4.69, 9.17) is 5.73 Å². The summed E-state index contributed by atoms with van der Waals surface area (Å²) < 4.78 is 13.1. The van der Waals surface area contributed by atoms with Crippen molar-refractivity contribution in [2.75, 3.05) is 18.9 Å². The van der Waals surface area contributed by atoms with E-state index >= 15 is 0 Å². The first kappa shape index (κ1) is 12.8. The number of carbonyl (C=O) groups is 1. The van der Waals surface area contributed by atoms with Crippen molar-refractivity contribution in [2.24, 2.45) is 0 Å². The van der Waals surface area contributed by atoms with Crippen LogP contribution in [-0.2, 0) is 0 Å². The Morgan fingerprint density at radius 3 is 2.94 bits per heavy atom. The predicted octanol–water partition coefficient (Wildman–Crippen LogP) is 1.39. The highest BCUT2D eigenvalue weighted by atomic mass is 19.1. The summed E-state index contributed by atoms with van der Waals surface area (Å²) in [5.74, 6) is -0.718. The molecule has 1 saturated heterocycles. The van der Waals surface area contributed by atoms with Crippen molar-refractivity contribution in [3.05, 3.63) is 29.6 Å². The first-order valence-electron chi connectivity index (χ1n) is 6.10. The molecular weight excluding hydrogens is 235 g/mol. The number of rotatable bonds is 2. The van der Waals surface area contributed by atoms with Gasteiger partial charge in [-0.2, -0.15) is 0 Å². The highest BCUT2D eigenvalue weighted by Crippen LogP contribution is 2.21. The second-order valence-electron chi connectivity index (χ2n) is 4.57. The third-order valence-corrected chi connectivity index (χ3v) is 3.34. The van der Waals surface area contributed by atoms with Crippen LogP contribution in [0.4, 0.5) is 10.1 Å². The number of aliphatic hydroxyl groups is 1. The van der Waals surface area contributed by atoms with Crippen molar-refractivity contribution < 1.29 is 14.3 Å². The van der Waals surface area contributed by atoms with Gasteiger partial charge in [-0.3, -0.25) is 4.79 Å². The molecule has 0 radical (unpaired) electrons. The van der Waals surface area contributed by atoms with Crippen molar-refractivity contribution in [2.45, 2.75) is 25.3 Å². The fraction of sp³-hybridized carbons (Fsp3) is 0.462. The molecule has 1 heterocycles. The van der Waals surface area contributed by atoms with Crippen molar-refractivity contribution in [1.82, 2.24) is 4.90 Å². The SMILES string of the molecule is Nc1cc(C(=O)N2CCCCC2CO)ccc1F. The van der Waals surface area contributed by atoms with Crippen molar-refractivity contribution >= 4 is 11.6 Å². The van der Waals surface area contributed by atoms with Gasteiger partial charge >= 0.3 is 0 Å². The van der Waals surface area contributed by atoms with Crippen LogP contribution in [0.15, 0.2) is 18.2 Å². The third kappa shape index (κ3) is 2.46. The number of likely N-dealkylation sites (tertiary alicyclic amines) is 1. The van der Waals surface area contributed by atoms with Gasteiger partial charge in [-0.1, -0.05) is 0 Å². The predicted molar refractivity (Wildman–Crippen MR) is 66.6 cm³/mol. The van der Waals surface area contributed by atoms with E-state index in [1.165, 1.54) is 18.2 Å². The van der Waals surface area contributed by atoms with E-state index < -0.39 is 5.82 Å². The second kappa shape index (κ2) is 5.35. The van der Waals surface area contributed by atoms with Crippen molar-refractivity contribution in [3.63, 3.8) is 0 Å². The number of hydrogen-bond acceptors (Lipinski definition) is 3. The molecule has 1 aromatic carbocycles. The molecule has 0 aliphatic carbocycles. The highest BCUT2D eigenvalue weighted by Gasteiger charge is 2.27. The molecule has 1 aromatic rings. The Hall–Kier alpha value is -1.62. The lowest BCUT2D eigenvalue weighted by molar-refractivity contribution is 0.0503. The van der Waals surface area contributed by atoms with Gasteiger partial charge in [0.25, 0.3) is 5.91 Å². The van der Waals surface area contributed by atoms with Crippen molar-refractivity contribution in [3.8, 4) is 0 Å². The second-order valence-corrected chi connectivity index (χ2v) is 4.57. The van der Waals surface area contributed by atoms with Crippen LogP contribution in [0.1, 0.15) is 29.6 Å². The van der Waals surface area contributed by atoms with E-state index in [1.54, 1.807) is 4.90 Å². The van der Waals surface area contributed by atoms with E-state index in [0.717, 1.165) is 19.3 Å². The Morgan fingerprint density at radius 2 is 2.28 bits per heavy atom. The number of nitrogens with two attached hydrogens (primary N) is 1. The van der Waals surface area contributed by atoms with Crippen LogP contribution >= 0.6 is 0 Å². The zero-order valence-electron chi connectivity index (χ0n) is 10.1. The molecule has 98 valence electrons. The Bertz CT molecular complexity index is 451. The van der Waals surface area contributed by atoms with E-state index in [0.29, 0.717) is 12.1 Å². The summed E-state index contributed by atoms with van der Waals surface area (Å²) in [5, 5.41) is 9.28. The van der Waals surface area contributed by atoms with Crippen molar-refractivity contribution in [1.29, 1.82) is 0 Å².